The van der Waals surface area contributed by atoms with Gasteiger partial charge >= 0.3 is 0 Å². The molecule has 68 valence electrons. The maximum Gasteiger partial charge on any atom is 0.0672 e. The number of H-pyrrole nitrogens is 1. The lowest BCUT2D eigenvalue weighted by Gasteiger charge is -2.04. The van der Waals surface area contributed by atoms with Crippen LogP contribution in [0.2, 0.25) is 0 Å². The zero-order valence-corrected chi connectivity index (χ0v) is 8.31. The molecule has 0 unspecified atom stereocenters. The summed E-state index contributed by atoms with van der Waals surface area (Å²) in [5.41, 5.74) is 5.04. The molecule has 1 aromatic heterocycles. The summed E-state index contributed by atoms with van der Waals surface area (Å²) in [6.45, 7) is 6.40. The molecule has 0 aliphatic carbocycles. The van der Waals surface area contributed by atoms with Gasteiger partial charge in [0.2, 0.25) is 0 Å². The van der Waals surface area contributed by atoms with Crippen LogP contribution in [0.1, 0.15) is 23.7 Å². The van der Waals surface area contributed by atoms with Crippen LogP contribution in [0, 0.1) is 13.8 Å². The van der Waals surface area contributed by atoms with Crippen molar-refractivity contribution in [1.82, 2.24) is 10.2 Å². The fourth-order valence-electron chi connectivity index (χ4n) is 1.91. The number of aromatic nitrogens is 2. The van der Waals surface area contributed by atoms with Crippen molar-refractivity contribution in [2.24, 2.45) is 0 Å². The van der Waals surface area contributed by atoms with E-state index in [9.17, 15) is 0 Å². The summed E-state index contributed by atoms with van der Waals surface area (Å²) in [5, 5.41) is 8.57. The molecule has 1 heterocycles. The van der Waals surface area contributed by atoms with Gasteiger partial charge in [-0.2, -0.15) is 5.10 Å². The molecule has 0 amide bonds. The molecule has 0 bridgehead atoms. The maximum absolute atomic E-state index is 4.22. The Hall–Kier alpha value is -1.31. The second-order valence-electron chi connectivity index (χ2n) is 3.45. The van der Waals surface area contributed by atoms with E-state index in [0.717, 1.165) is 17.6 Å². The second kappa shape index (κ2) is 2.87. The normalized spacial score (nSPS) is 11.0. The molecule has 0 fully saturated rings. The Bertz CT molecular complexity index is 441. The summed E-state index contributed by atoms with van der Waals surface area (Å²) < 4.78 is 0. The van der Waals surface area contributed by atoms with Gasteiger partial charge in [-0.3, -0.25) is 5.10 Å². The molecule has 2 heteroatoms. The van der Waals surface area contributed by atoms with Crippen molar-refractivity contribution in [3.8, 4) is 0 Å². The third-order valence-electron chi connectivity index (χ3n) is 2.61. The number of rotatable bonds is 1. The van der Waals surface area contributed by atoms with Crippen molar-refractivity contribution in [3.63, 3.8) is 0 Å². The van der Waals surface area contributed by atoms with E-state index in [4.69, 9.17) is 0 Å². The highest BCUT2D eigenvalue weighted by Crippen LogP contribution is 2.23. The first-order valence-electron chi connectivity index (χ1n) is 4.67. The van der Waals surface area contributed by atoms with E-state index < -0.39 is 0 Å². The number of aryl methyl sites for hydroxylation is 3. The van der Waals surface area contributed by atoms with Crippen molar-refractivity contribution in [3.05, 3.63) is 29.0 Å². The van der Waals surface area contributed by atoms with Gasteiger partial charge < -0.3 is 0 Å². The molecular weight excluding hydrogens is 160 g/mol. The molecule has 0 aliphatic rings. The van der Waals surface area contributed by atoms with Gasteiger partial charge in [-0.15, -0.1) is 0 Å². The van der Waals surface area contributed by atoms with Crippen molar-refractivity contribution in [2.75, 3.05) is 0 Å². The Morgan fingerprint density at radius 1 is 1.31 bits per heavy atom. The smallest absolute Gasteiger partial charge is 0.0672 e. The summed E-state index contributed by atoms with van der Waals surface area (Å²) in [6.07, 6.45) is 1.07. The lowest BCUT2D eigenvalue weighted by atomic mass is 10.0. The first-order chi connectivity index (χ1) is 6.24. The third-order valence-corrected chi connectivity index (χ3v) is 2.61. The summed E-state index contributed by atoms with van der Waals surface area (Å²) in [6, 6.07) is 4.25. The van der Waals surface area contributed by atoms with E-state index in [2.05, 4.69) is 43.1 Å². The molecule has 2 aromatic rings. The van der Waals surface area contributed by atoms with Crippen LogP contribution in [0.25, 0.3) is 10.9 Å². The highest BCUT2D eigenvalue weighted by atomic mass is 15.1. The maximum atomic E-state index is 4.22. The molecule has 0 spiro atoms. The molecule has 0 atom stereocenters. The minimum absolute atomic E-state index is 1.07. The SMILES string of the molecule is CCc1c(C)ccc2[nH]nc(C)c12. The highest BCUT2D eigenvalue weighted by molar-refractivity contribution is 5.85. The van der Waals surface area contributed by atoms with Crippen LogP contribution >= 0.6 is 0 Å². The lowest BCUT2D eigenvalue weighted by Crippen LogP contribution is -1.88. The molecule has 1 aromatic carbocycles. The molecule has 0 saturated heterocycles. The number of nitrogens with zero attached hydrogens (tertiary/aromatic N) is 1. The van der Waals surface area contributed by atoms with Gasteiger partial charge in [0, 0.05) is 5.39 Å². The predicted octanol–water partition coefficient (Wildman–Crippen LogP) is 2.74. The van der Waals surface area contributed by atoms with E-state index >= 15 is 0 Å². The van der Waals surface area contributed by atoms with Crippen LogP contribution in [0.4, 0.5) is 0 Å². The summed E-state index contributed by atoms with van der Waals surface area (Å²) in [5.74, 6) is 0. The molecule has 0 saturated carbocycles. The fraction of sp³-hybridized carbons (Fsp3) is 0.364. The molecular formula is C11H14N2. The molecule has 2 rings (SSSR count). The molecule has 0 radical (unpaired) electrons. The summed E-state index contributed by atoms with van der Waals surface area (Å²) in [7, 11) is 0. The topological polar surface area (TPSA) is 28.7 Å². The van der Waals surface area contributed by atoms with Gasteiger partial charge in [0.1, 0.15) is 0 Å². The van der Waals surface area contributed by atoms with Crippen LogP contribution in [0.3, 0.4) is 0 Å². The van der Waals surface area contributed by atoms with Gasteiger partial charge in [0.05, 0.1) is 11.2 Å². The second-order valence-corrected chi connectivity index (χ2v) is 3.45. The van der Waals surface area contributed by atoms with Gasteiger partial charge in [0.15, 0.2) is 0 Å². The molecule has 13 heavy (non-hydrogen) atoms. The van der Waals surface area contributed by atoms with Crippen LogP contribution in [-0.4, -0.2) is 10.2 Å². The third kappa shape index (κ3) is 1.13. The molecule has 2 nitrogen and oxygen atoms in total. The van der Waals surface area contributed by atoms with Gasteiger partial charge in [-0.1, -0.05) is 13.0 Å². The molecule has 0 aliphatic heterocycles. The minimum atomic E-state index is 1.07. The largest absolute Gasteiger partial charge is 0.278 e. The van der Waals surface area contributed by atoms with E-state index in [0.29, 0.717) is 0 Å². The number of hydrogen-bond acceptors (Lipinski definition) is 1. The van der Waals surface area contributed by atoms with Crippen molar-refractivity contribution >= 4 is 10.9 Å². The van der Waals surface area contributed by atoms with Crippen molar-refractivity contribution in [1.29, 1.82) is 0 Å². The van der Waals surface area contributed by atoms with E-state index in [1.54, 1.807) is 0 Å². The van der Waals surface area contributed by atoms with Crippen molar-refractivity contribution < 1.29 is 0 Å². The van der Waals surface area contributed by atoms with Crippen molar-refractivity contribution in [2.45, 2.75) is 27.2 Å². The summed E-state index contributed by atoms with van der Waals surface area (Å²) in [4.78, 5) is 0. The van der Waals surface area contributed by atoms with E-state index in [1.165, 1.54) is 16.5 Å². The zero-order valence-electron chi connectivity index (χ0n) is 8.31. The fourth-order valence-corrected chi connectivity index (χ4v) is 1.91. The van der Waals surface area contributed by atoms with Gasteiger partial charge in [-0.05, 0) is 37.5 Å². The quantitative estimate of drug-likeness (QED) is 0.707. The first kappa shape index (κ1) is 8.30. The Balaban J connectivity index is 2.88. The Kier molecular flexibility index (Phi) is 1.83. The summed E-state index contributed by atoms with van der Waals surface area (Å²) >= 11 is 0. The van der Waals surface area contributed by atoms with Crippen LogP contribution in [-0.2, 0) is 6.42 Å². The number of fused-ring (bicyclic) bond motifs is 1. The molecule has 1 N–H and O–H groups in total. The standard InChI is InChI=1S/C11H14N2/c1-4-9-7(2)5-6-10-11(9)8(3)12-13-10/h5-6H,4H2,1-3H3,(H,12,13). The van der Waals surface area contributed by atoms with Gasteiger partial charge in [-0.25, -0.2) is 0 Å². The minimum Gasteiger partial charge on any atom is -0.278 e. The Labute approximate surface area is 78.0 Å². The predicted molar refractivity (Wildman–Crippen MR) is 54.9 cm³/mol. The Morgan fingerprint density at radius 2 is 2.08 bits per heavy atom. The number of benzene rings is 1. The highest BCUT2D eigenvalue weighted by Gasteiger charge is 2.07. The van der Waals surface area contributed by atoms with Crippen LogP contribution in [0.15, 0.2) is 12.1 Å². The monoisotopic (exact) mass is 174 g/mol. The number of aromatic amines is 1. The first-order valence-corrected chi connectivity index (χ1v) is 4.67. The Morgan fingerprint density at radius 3 is 2.77 bits per heavy atom. The van der Waals surface area contributed by atoms with E-state index in [1.807, 2.05) is 0 Å². The average molecular weight is 174 g/mol. The number of hydrogen-bond donors (Lipinski definition) is 1. The van der Waals surface area contributed by atoms with Gasteiger partial charge in [0.25, 0.3) is 0 Å². The lowest BCUT2D eigenvalue weighted by molar-refractivity contribution is 1.07. The van der Waals surface area contributed by atoms with Crippen LogP contribution in [0.5, 0.6) is 0 Å². The zero-order chi connectivity index (χ0) is 9.42. The van der Waals surface area contributed by atoms with Crippen LogP contribution < -0.4 is 0 Å². The van der Waals surface area contributed by atoms with E-state index in [-0.39, 0.29) is 0 Å². The number of nitrogens with one attached hydrogen (secondary N) is 1. The average Bonchev–Trinajstić information content (AvgIpc) is 2.49.